The standard InChI is InChI=1S/C13H12N2O4S2/c16-11(6-10-12(17)15-13(20)21-10)14-7-1-2-8-9(5-7)19-4-3-18-8/h1-2,5,10H,3-4,6H2,(H,14,16)(H,15,17,20)/t10-/m0/s1. The zero-order chi connectivity index (χ0) is 14.8. The van der Waals surface area contributed by atoms with Gasteiger partial charge in [-0.25, -0.2) is 0 Å². The Bertz CT molecular complexity index is 620. The molecule has 110 valence electrons. The van der Waals surface area contributed by atoms with Gasteiger partial charge in [-0.3, -0.25) is 9.59 Å². The molecule has 1 aromatic carbocycles. The maximum absolute atomic E-state index is 12.0. The summed E-state index contributed by atoms with van der Waals surface area (Å²) in [6, 6.07) is 5.19. The topological polar surface area (TPSA) is 76.7 Å². The minimum Gasteiger partial charge on any atom is -0.486 e. The molecule has 0 unspecified atom stereocenters. The Morgan fingerprint density at radius 3 is 2.86 bits per heavy atom. The van der Waals surface area contributed by atoms with Gasteiger partial charge in [0.1, 0.15) is 17.5 Å². The summed E-state index contributed by atoms with van der Waals surface area (Å²) < 4.78 is 11.3. The van der Waals surface area contributed by atoms with Gasteiger partial charge in [0.05, 0.1) is 5.25 Å². The molecule has 0 aliphatic carbocycles. The summed E-state index contributed by atoms with van der Waals surface area (Å²) in [4.78, 5) is 23.5. The van der Waals surface area contributed by atoms with Gasteiger partial charge in [-0.2, -0.15) is 0 Å². The van der Waals surface area contributed by atoms with E-state index in [9.17, 15) is 9.59 Å². The molecule has 1 saturated heterocycles. The summed E-state index contributed by atoms with van der Waals surface area (Å²) in [7, 11) is 0. The van der Waals surface area contributed by atoms with Crippen molar-refractivity contribution in [2.75, 3.05) is 18.5 Å². The second-order valence-electron chi connectivity index (χ2n) is 4.49. The van der Waals surface area contributed by atoms with E-state index in [2.05, 4.69) is 10.6 Å². The fourth-order valence-electron chi connectivity index (χ4n) is 2.03. The van der Waals surface area contributed by atoms with Crippen LogP contribution in [0.2, 0.25) is 0 Å². The summed E-state index contributed by atoms with van der Waals surface area (Å²) in [5, 5.41) is 4.80. The van der Waals surface area contributed by atoms with E-state index < -0.39 is 5.25 Å². The highest BCUT2D eigenvalue weighted by Gasteiger charge is 2.31. The van der Waals surface area contributed by atoms with Crippen LogP contribution in [-0.4, -0.2) is 34.6 Å². The van der Waals surface area contributed by atoms with Gasteiger partial charge in [-0.05, 0) is 12.1 Å². The van der Waals surface area contributed by atoms with Gasteiger partial charge in [-0.15, -0.1) is 0 Å². The molecule has 0 saturated carbocycles. The number of rotatable bonds is 3. The average Bonchev–Trinajstić information content (AvgIpc) is 2.76. The molecule has 1 fully saturated rings. The lowest BCUT2D eigenvalue weighted by molar-refractivity contribution is -0.122. The SMILES string of the molecule is O=C(C[C@@H]1SC(=S)NC1=O)Nc1ccc2c(c1)OCCO2. The van der Waals surface area contributed by atoms with Crippen molar-refractivity contribution in [2.24, 2.45) is 0 Å². The normalized spacial score (nSPS) is 20.1. The molecular formula is C13H12N2O4S2. The third-order valence-electron chi connectivity index (χ3n) is 2.96. The first-order valence-electron chi connectivity index (χ1n) is 6.33. The van der Waals surface area contributed by atoms with Crippen LogP contribution < -0.4 is 20.1 Å². The molecule has 6 nitrogen and oxygen atoms in total. The molecule has 2 aliphatic heterocycles. The number of hydrogen-bond acceptors (Lipinski definition) is 6. The minimum atomic E-state index is -0.463. The Hall–Kier alpha value is -1.80. The summed E-state index contributed by atoms with van der Waals surface area (Å²) in [6.07, 6.45) is 0.0745. The quantitative estimate of drug-likeness (QED) is 0.816. The number of carbonyl (C=O) groups is 2. The molecule has 1 atom stereocenters. The van der Waals surface area contributed by atoms with Gasteiger partial charge >= 0.3 is 0 Å². The largest absolute Gasteiger partial charge is 0.486 e. The Morgan fingerprint density at radius 2 is 2.14 bits per heavy atom. The molecule has 2 heterocycles. The van der Waals surface area contributed by atoms with Crippen LogP contribution in [0.5, 0.6) is 11.5 Å². The second-order valence-corrected chi connectivity index (χ2v) is 6.37. The van der Waals surface area contributed by atoms with Crippen LogP contribution in [0.25, 0.3) is 0 Å². The smallest absolute Gasteiger partial charge is 0.239 e. The van der Waals surface area contributed by atoms with Gasteiger partial charge < -0.3 is 20.1 Å². The number of thiocarbonyl (C=S) groups is 1. The van der Waals surface area contributed by atoms with Crippen molar-refractivity contribution in [3.05, 3.63) is 18.2 Å². The van der Waals surface area contributed by atoms with Crippen LogP contribution in [-0.2, 0) is 9.59 Å². The van der Waals surface area contributed by atoms with Crippen molar-refractivity contribution < 1.29 is 19.1 Å². The van der Waals surface area contributed by atoms with Crippen molar-refractivity contribution >= 4 is 45.8 Å². The summed E-state index contributed by atoms with van der Waals surface area (Å²) in [5.74, 6) is 0.801. The first-order chi connectivity index (χ1) is 10.1. The van der Waals surface area contributed by atoms with E-state index in [0.29, 0.717) is 34.7 Å². The Kier molecular flexibility index (Phi) is 3.98. The Balaban J connectivity index is 1.62. The molecule has 0 spiro atoms. The highest BCUT2D eigenvalue weighted by molar-refractivity contribution is 8.24. The van der Waals surface area contributed by atoms with Crippen molar-refractivity contribution in [3.8, 4) is 11.5 Å². The number of nitrogens with one attached hydrogen (secondary N) is 2. The van der Waals surface area contributed by atoms with Crippen molar-refractivity contribution in [1.82, 2.24) is 5.32 Å². The number of thioether (sulfide) groups is 1. The van der Waals surface area contributed by atoms with Gasteiger partial charge in [-0.1, -0.05) is 24.0 Å². The van der Waals surface area contributed by atoms with Gasteiger partial charge in [0.15, 0.2) is 11.5 Å². The molecule has 21 heavy (non-hydrogen) atoms. The zero-order valence-corrected chi connectivity index (χ0v) is 12.5. The maximum atomic E-state index is 12.0. The van der Waals surface area contributed by atoms with E-state index in [4.69, 9.17) is 21.7 Å². The highest BCUT2D eigenvalue weighted by Crippen LogP contribution is 2.32. The molecule has 0 radical (unpaired) electrons. The number of benzene rings is 1. The number of carbonyl (C=O) groups excluding carboxylic acids is 2. The van der Waals surface area contributed by atoms with Crippen LogP contribution in [0.1, 0.15) is 6.42 Å². The third-order valence-corrected chi connectivity index (χ3v) is 4.34. The van der Waals surface area contributed by atoms with Gasteiger partial charge in [0, 0.05) is 18.2 Å². The van der Waals surface area contributed by atoms with E-state index in [0.717, 1.165) is 0 Å². The maximum Gasteiger partial charge on any atom is 0.239 e. The third kappa shape index (κ3) is 3.27. The van der Waals surface area contributed by atoms with Crippen LogP contribution in [0.15, 0.2) is 18.2 Å². The van der Waals surface area contributed by atoms with Crippen LogP contribution in [0.4, 0.5) is 5.69 Å². The van der Waals surface area contributed by atoms with Crippen molar-refractivity contribution in [1.29, 1.82) is 0 Å². The first kappa shape index (κ1) is 14.2. The number of amides is 2. The predicted molar refractivity (Wildman–Crippen MR) is 82.8 cm³/mol. The molecule has 3 rings (SSSR count). The lowest BCUT2D eigenvalue weighted by Crippen LogP contribution is -2.27. The number of ether oxygens (including phenoxy) is 2. The monoisotopic (exact) mass is 324 g/mol. The van der Waals surface area contributed by atoms with E-state index in [1.54, 1.807) is 18.2 Å². The molecular weight excluding hydrogens is 312 g/mol. The molecule has 0 bridgehead atoms. The lowest BCUT2D eigenvalue weighted by Gasteiger charge is -2.19. The molecule has 0 aromatic heterocycles. The number of anilines is 1. The fourth-order valence-corrected chi connectivity index (χ4v) is 3.30. The summed E-state index contributed by atoms with van der Waals surface area (Å²) in [6.45, 7) is 1.01. The highest BCUT2D eigenvalue weighted by atomic mass is 32.2. The lowest BCUT2D eigenvalue weighted by atomic mass is 10.2. The van der Waals surface area contributed by atoms with Crippen molar-refractivity contribution in [3.63, 3.8) is 0 Å². The van der Waals surface area contributed by atoms with E-state index in [1.807, 2.05) is 0 Å². The molecule has 2 amide bonds. The van der Waals surface area contributed by atoms with E-state index in [-0.39, 0.29) is 18.2 Å². The van der Waals surface area contributed by atoms with Gasteiger partial charge in [0.25, 0.3) is 0 Å². The first-order valence-corrected chi connectivity index (χ1v) is 7.61. The van der Waals surface area contributed by atoms with E-state index >= 15 is 0 Å². The predicted octanol–water partition coefficient (Wildman–Crippen LogP) is 1.30. The van der Waals surface area contributed by atoms with Crippen LogP contribution in [0, 0.1) is 0 Å². The number of hydrogen-bond donors (Lipinski definition) is 2. The van der Waals surface area contributed by atoms with Crippen LogP contribution in [0.3, 0.4) is 0 Å². The minimum absolute atomic E-state index is 0.0745. The second kappa shape index (κ2) is 5.90. The Labute approximate surface area is 130 Å². The Morgan fingerprint density at radius 1 is 1.38 bits per heavy atom. The number of fused-ring (bicyclic) bond motifs is 1. The molecule has 1 aromatic rings. The van der Waals surface area contributed by atoms with Crippen LogP contribution >= 0.6 is 24.0 Å². The fraction of sp³-hybridized carbons (Fsp3) is 0.308. The summed E-state index contributed by atoms with van der Waals surface area (Å²) in [5.41, 5.74) is 0.607. The van der Waals surface area contributed by atoms with Crippen molar-refractivity contribution in [2.45, 2.75) is 11.7 Å². The van der Waals surface area contributed by atoms with Gasteiger partial charge in [0.2, 0.25) is 11.8 Å². The summed E-state index contributed by atoms with van der Waals surface area (Å²) >= 11 is 6.09. The molecule has 2 N–H and O–H groups in total. The zero-order valence-electron chi connectivity index (χ0n) is 10.9. The van der Waals surface area contributed by atoms with E-state index in [1.165, 1.54) is 11.8 Å². The average molecular weight is 324 g/mol. The molecule has 2 aliphatic rings. The molecule has 8 heteroatoms.